The van der Waals surface area contributed by atoms with E-state index in [9.17, 15) is 0 Å². The lowest BCUT2D eigenvalue weighted by Gasteiger charge is -2.43. The lowest BCUT2D eigenvalue weighted by atomic mass is 9.81. The van der Waals surface area contributed by atoms with Crippen LogP contribution in [0, 0.1) is 5.41 Å². The Kier molecular flexibility index (Phi) is 5.23. The topological polar surface area (TPSA) is 33.7 Å². The highest BCUT2D eigenvalue weighted by Crippen LogP contribution is 2.30. The first-order chi connectivity index (χ1) is 8.99. The second-order valence-corrected chi connectivity index (χ2v) is 7.15. The van der Waals surface area contributed by atoms with Crippen molar-refractivity contribution in [3.05, 3.63) is 0 Å². The minimum atomic E-state index is 0.176. The Labute approximate surface area is 117 Å². The lowest BCUT2D eigenvalue weighted by Crippen LogP contribution is -2.54. The zero-order valence-electron chi connectivity index (χ0n) is 12.8. The van der Waals surface area contributed by atoms with Crippen LogP contribution in [0.15, 0.2) is 0 Å². The number of morpholine rings is 1. The maximum atomic E-state index is 5.79. The molecule has 0 saturated carbocycles. The molecule has 0 bridgehead atoms. The summed E-state index contributed by atoms with van der Waals surface area (Å²) in [4.78, 5) is 2.54. The molecule has 0 amide bonds. The van der Waals surface area contributed by atoms with Gasteiger partial charge in [-0.25, -0.2) is 0 Å². The SMILES string of the molecule is CC(C)(C)NCC1(CN2CCOCC2)CCCOC1. The molecular formula is C15H30N2O2. The summed E-state index contributed by atoms with van der Waals surface area (Å²) in [6.45, 7) is 14.6. The molecule has 2 fully saturated rings. The van der Waals surface area contributed by atoms with E-state index in [2.05, 4.69) is 31.0 Å². The van der Waals surface area contributed by atoms with Crippen LogP contribution in [0.4, 0.5) is 0 Å². The smallest absolute Gasteiger partial charge is 0.0594 e. The van der Waals surface area contributed by atoms with E-state index in [0.717, 1.165) is 52.6 Å². The van der Waals surface area contributed by atoms with Crippen molar-refractivity contribution in [2.24, 2.45) is 5.41 Å². The zero-order valence-corrected chi connectivity index (χ0v) is 12.8. The van der Waals surface area contributed by atoms with Crippen LogP contribution in [0.2, 0.25) is 0 Å². The monoisotopic (exact) mass is 270 g/mol. The van der Waals surface area contributed by atoms with Gasteiger partial charge >= 0.3 is 0 Å². The Hall–Kier alpha value is -0.160. The van der Waals surface area contributed by atoms with Crippen LogP contribution < -0.4 is 5.32 Å². The summed E-state index contributed by atoms with van der Waals surface area (Å²) < 4.78 is 11.2. The fraction of sp³-hybridized carbons (Fsp3) is 1.00. The van der Waals surface area contributed by atoms with Gasteiger partial charge in [0.05, 0.1) is 19.8 Å². The van der Waals surface area contributed by atoms with E-state index < -0.39 is 0 Å². The number of ether oxygens (including phenoxy) is 2. The number of nitrogens with zero attached hydrogens (tertiary/aromatic N) is 1. The van der Waals surface area contributed by atoms with Crippen molar-refractivity contribution < 1.29 is 9.47 Å². The molecule has 1 N–H and O–H groups in total. The van der Waals surface area contributed by atoms with Gasteiger partial charge in [-0.2, -0.15) is 0 Å². The molecule has 1 atom stereocenters. The van der Waals surface area contributed by atoms with Crippen molar-refractivity contribution in [3.63, 3.8) is 0 Å². The van der Waals surface area contributed by atoms with Crippen molar-refractivity contribution in [2.45, 2.75) is 39.2 Å². The molecule has 0 aromatic rings. The Morgan fingerprint density at radius 3 is 2.42 bits per heavy atom. The molecule has 0 radical (unpaired) electrons. The molecule has 1 unspecified atom stereocenters. The Morgan fingerprint density at radius 2 is 1.84 bits per heavy atom. The number of hydrogen-bond donors (Lipinski definition) is 1. The third-order valence-electron chi connectivity index (χ3n) is 4.06. The van der Waals surface area contributed by atoms with E-state index in [0.29, 0.717) is 0 Å². The van der Waals surface area contributed by atoms with Crippen molar-refractivity contribution in [1.29, 1.82) is 0 Å². The second kappa shape index (κ2) is 6.53. The summed E-state index contributed by atoms with van der Waals surface area (Å²) in [5.74, 6) is 0. The number of rotatable bonds is 4. The molecule has 4 heteroatoms. The van der Waals surface area contributed by atoms with E-state index in [1.165, 1.54) is 12.8 Å². The summed E-state index contributed by atoms with van der Waals surface area (Å²) in [7, 11) is 0. The zero-order chi connectivity index (χ0) is 13.8. The predicted molar refractivity (Wildman–Crippen MR) is 77.5 cm³/mol. The van der Waals surface area contributed by atoms with Gasteiger partial charge in [0, 0.05) is 43.7 Å². The van der Waals surface area contributed by atoms with E-state index >= 15 is 0 Å². The van der Waals surface area contributed by atoms with Gasteiger partial charge in [0.25, 0.3) is 0 Å². The molecule has 2 heterocycles. The van der Waals surface area contributed by atoms with Gasteiger partial charge < -0.3 is 14.8 Å². The van der Waals surface area contributed by atoms with Crippen molar-refractivity contribution in [1.82, 2.24) is 10.2 Å². The Bertz CT molecular complexity index is 264. The summed E-state index contributed by atoms with van der Waals surface area (Å²) in [6.07, 6.45) is 2.46. The summed E-state index contributed by atoms with van der Waals surface area (Å²) in [5.41, 5.74) is 0.457. The normalized spacial score (nSPS) is 30.5. The molecule has 0 spiro atoms. The van der Waals surface area contributed by atoms with Crippen molar-refractivity contribution in [2.75, 3.05) is 52.6 Å². The first-order valence-electron chi connectivity index (χ1n) is 7.62. The largest absolute Gasteiger partial charge is 0.381 e. The molecule has 4 nitrogen and oxygen atoms in total. The van der Waals surface area contributed by atoms with E-state index in [1.807, 2.05) is 0 Å². The van der Waals surface area contributed by atoms with Crippen LogP contribution in [0.3, 0.4) is 0 Å². The fourth-order valence-corrected chi connectivity index (χ4v) is 2.92. The average Bonchev–Trinajstić information content (AvgIpc) is 2.38. The fourth-order valence-electron chi connectivity index (χ4n) is 2.92. The average molecular weight is 270 g/mol. The maximum Gasteiger partial charge on any atom is 0.0594 e. The van der Waals surface area contributed by atoms with Gasteiger partial charge in [0.2, 0.25) is 0 Å². The third kappa shape index (κ3) is 5.03. The Morgan fingerprint density at radius 1 is 1.11 bits per heavy atom. The summed E-state index contributed by atoms with van der Waals surface area (Å²) >= 11 is 0. The van der Waals surface area contributed by atoms with Crippen molar-refractivity contribution in [3.8, 4) is 0 Å². The Balaban J connectivity index is 1.93. The van der Waals surface area contributed by atoms with Crippen LogP contribution in [0.5, 0.6) is 0 Å². The molecular weight excluding hydrogens is 240 g/mol. The molecule has 112 valence electrons. The van der Waals surface area contributed by atoms with Gasteiger partial charge in [-0.3, -0.25) is 4.90 Å². The highest BCUT2D eigenvalue weighted by Gasteiger charge is 2.35. The number of nitrogens with one attached hydrogen (secondary N) is 1. The van der Waals surface area contributed by atoms with Gasteiger partial charge in [0.1, 0.15) is 0 Å². The minimum absolute atomic E-state index is 0.176. The lowest BCUT2D eigenvalue weighted by molar-refractivity contribution is -0.0472. The molecule has 2 rings (SSSR count). The van der Waals surface area contributed by atoms with Crippen LogP contribution in [0.25, 0.3) is 0 Å². The van der Waals surface area contributed by atoms with Crippen LogP contribution in [0.1, 0.15) is 33.6 Å². The molecule has 0 aliphatic carbocycles. The summed E-state index contributed by atoms with van der Waals surface area (Å²) in [5, 5.41) is 3.68. The van der Waals surface area contributed by atoms with Crippen LogP contribution in [-0.4, -0.2) is 63.0 Å². The maximum absolute atomic E-state index is 5.79. The third-order valence-corrected chi connectivity index (χ3v) is 4.06. The van der Waals surface area contributed by atoms with Gasteiger partial charge in [0.15, 0.2) is 0 Å². The first-order valence-corrected chi connectivity index (χ1v) is 7.62. The summed E-state index contributed by atoms with van der Waals surface area (Å²) in [6, 6.07) is 0. The van der Waals surface area contributed by atoms with Gasteiger partial charge in [-0.15, -0.1) is 0 Å². The van der Waals surface area contributed by atoms with E-state index in [-0.39, 0.29) is 11.0 Å². The highest BCUT2D eigenvalue weighted by atomic mass is 16.5. The molecule has 2 saturated heterocycles. The van der Waals surface area contributed by atoms with Crippen molar-refractivity contribution >= 4 is 0 Å². The highest BCUT2D eigenvalue weighted by molar-refractivity contribution is 4.89. The van der Waals surface area contributed by atoms with E-state index in [1.54, 1.807) is 0 Å². The minimum Gasteiger partial charge on any atom is -0.381 e. The quantitative estimate of drug-likeness (QED) is 0.839. The van der Waals surface area contributed by atoms with Crippen LogP contribution >= 0.6 is 0 Å². The standard InChI is InChI=1S/C15H30N2O2/c1-14(2,3)16-11-15(5-4-8-19-13-15)12-17-6-9-18-10-7-17/h16H,4-13H2,1-3H3. The molecule has 2 aliphatic heterocycles. The van der Waals surface area contributed by atoms with Gasteiger partial charge in [-0.05, 0) is 33.6 Å². The second-order valence-electron chi connectivity index (χ2n) is 7.15. The molecule has 0 aromatic carbocycles. The molecule has 19 heavy (non-hydrogen) atoms. The number of hydrogen-bond acceptors (Lipinski definition) is 4. The van der Waals surface area contributed by atoms with Gasteiger partial charge in [-0.1, -0.05) is 0 Å². The molecule has 2 aliphatic rings. The van der Waals surface area contributed by atoms with E-state index in [4.69, 9.17) is 9.47 Å². The molecule has 0 aromatic heterocycles. The predicted octanol–water partition coefficient (Wildman–Crippen LogP) is 1.50. The van der Waals surface area contributed by atoms with Crippen LogP contribution in [-0.2, 0) is 9.47 Å². The first kappa shape index (κ1) is 15.2.